The van der Waals surface area contributed by atoms with Crippen LogP contribution < -0.4 is 41.7 Å². The Labute approximate surface area is 465 Å². The Hall–Kier alpha value is -11.4. The number of hydrogen-bond donors (Lipinski definition) is 5. The number of aryl methyl sites for hydroxylation is 6. The third-order valence-electron chi connectivity index (χ3n) is 12.3. The zero-order valence-electron chi connectivity index (χ0n) is 48.6. The van der Waals surface area contributed by atoms with Crippen LogP contribution in [0.3, 0.4) is 0 Å². The first-order valence-electron chi connectivity index (χ1n) is 26.6. The molecule has 0 saturated heterocycles. The highest BCUT2D eigenvalue weighted by Gasteiger charge is 2.28. The van der Waals surface area contributed by atoms with Crippen molar-refractivity contribution in [1.82, 2.24) is 139 Å². The highest BCUT2D eigenvalue weighted by Crippen LogP contribution is 2.37. The van der Waals surface area contributed by atoms with E-state index < -0.39 is 0 Å². The number of nitrogens with zero attached hydrogens (tertiary/aromatic N) is 23. The molecule has 12 aromatic heterocycles. The Morgan fingerprint density at radius 3 is 1.27 bits per heavy atom. The van der Waals surface area contributed by atoms with E-state index in [0.29, 0.717) is 58.0 Å². The molecule has 1 aliphatic rings. The summed E-state index contributed by atoms with van der Waals surface area (Å²) in [5, 5.41) is 49.1. The van der Waals surface area contributed by atoms with Crippen molar-refractivity contribution in [2.24, 2.45) is 35.2 Å². The van der Waals surface area contributed by atoms with Crippen molar-refractivity contribution in [3.8, 4) is 46.3 Å². The monoisotopic (exact) mass is 1130 g/mol. The lowest BCUT2D eigenvalue weighted by atomic mass is 10.3. The molecular weight excluding hydrogens is 1070 g/mol. The lowest BCUT2D eigenvalue weighted by Gasteiger charge is -2.10. The molecule has 36 heteroatoms. The minimum Gasteiger partial charge on any atom is -0.470 e. The van der Waals surface area contributed by atoms with E-state index in [-0.39, 0.29) is 49.2 Å². The van der Waals surface area contributed by atoms with E-state index in [1.807, 2.05) is 41.6 Å². The molecule has 1 saturated carbocycles. The van der Waals surface area contributed by atoms with Crippen molar-refractivity contribution in [3.05, 3.63) is 163 Å². The molecule has 12 heterocycles. The molecule has 5 N–H and O–H groups in total. The number of aromatic nitrogens is 28. The van der Waals surface area contributed by atoms with Gasteiger partial charge in [0.05, 0.1) is 45.5 Å². The van der Waals surface area contributed by atoms with Gasteiger partial charge in [-0.2, -0.15) is 37.5 Å². The summed E-state index contributed by atoms with van der Waals surface area (Å²) in [6.45, 7) is 3.52. The number of aromatic amines is 5. The SMILES string of the molecule is [3H]n1ccc(OCc2[nH]ccc2-n2nnn(C)c2=O)n1.[3H]n1ccc(OCc2c(-n3nnn(C)c3=O)ccn2C)n1.[3H]n1ccc(OCc2c(-n3nnn(C)c3=O)ccn2C2CC2)n1.[3H]n1ccc(OCc2c(-n3nnn(C)c3=O)ccn2CC)n1. The van der Waals surface area contributed by atoms with Crippen LogP contribution in [0.15, 0.2) is 117 Å². The number of nitrogens with one attached hydrogen (secondary N) is 5. The van der Waals surface area contributed by atoms with Crippen LogP contribution in [0, 0.1) is 0 Å². The van der Waals surface area contributed by atoms with Gasteiger partial charge in [0, 0.05) is 122 Å². The van der Waals surface area contributed by atoms with E-state index >= 15 is 0 Å². The van der Waals surface area contributed by atoms with E-state index in [0.717, 1.165) is 70.9 Å². The Morgan fingerprint density at radius 2 is 0.854 bits per heavy atom. The fourth-order valence-electron chi connectivity index (χ4n) is 7.90. The van der Waals surface area contributed by atoms with Crippen LogP contribution in [0.25, 0.3) is 22.7 Å². The summed E-state index contributed by atoms with van der Waals surface area (Å²) < 4.78 is 66.7. The van der Waals surface area contributed by atoms with Crippen molar-refractivity contribution in [3.63, 3.8) is 0 Å². The number of hydrogen-bond acceptors (Lipinski definition) is 20. The molecule has 36 nitrogen and oxygen atoms in total. The topological polar surface area (TPSA) is 393 Å². The highest BCUT2D eigenvalue weighted by molar-refractivity contribution is 5.39. The Kier molecular flexibility index (Phi) is 14.4. The van der Waals surface area contributed by atoms with Crippen LogP contribution in [-0.2, 0) is 68.2 Å². The van der Waals surface area contributed by atoms with E-state index in [1.54, 1.807) is 69.0 Å². The van der Waals surface area contributed by atoms with Crippen LogP contribution >= 0.6 is 0 Å². The maximum absolute atomic E-state index is 12.1. The van der Waals surface area contributed by atoms with Gasteiger partial charge in [-0.05, 0) is 85.7 Å². The lowest BCUT2D eigenvalue weighted by molar-refractivity contribution is 0.282. The van der Waals surface area contributed by atoms with E-state index in [1.165, 1.54) is 62.3 Å². The fourth-order valence-corrected chi connectivity index (χ4v) is 7.90. The van der Waals surface area contributed by atoms with Crippen LogP contribution in [0.4, 0.5) is 0 Å². The summed E-state index contributed by atoms with van der Waals surface area (Å²) in [6, 6.07) is 13.9. The predicted octanol–water partition coefficient (Wildman–Crippen LogP) is -0.303. The van der Waals surface area contributed by atoms with Crippen LogP contribution in [-0.4, -0.2) is 139 Å². The molecule has 0 aromatic carbocycles. The molecule has 82 heavy (non-hydrogen) atoms. The first-order chi connectivity index (χ1) is 41.4. The average Bonchev–Trinajstić information content (AvgIpc) is 2.13. The van der Waals surface area contributed by atoms with E-state index in [9.17, 15) is 19.2 Å². The predicted molar refractivity (Wildman–Crippen MR) is 281 cm³/mol. The zero-order valence-corrected chi connectivity index (χ0v) is 44.6. The molecular formula is C46H54N28O8. The van der Waals surface area contributed by atoms with Crippen LogP contribution in [0.2, 0.25) is 5.65 Å². The van der Waals surface area contributed by atoms with E-state index in [4.69, 9.17) is 24.6 Å². The maximum Gasteiger partial charge on any atom is 0.368 e. The molecule has 0 radical (unpaired) electrons. The first kappa shape index (κ1) is 49.0. The quantitative estimate of drug-likeness (QED) is 0.0736. The largest absolute Gasteiger partial charge is 0.470 e. The molecule has 0 bridgehead atoms. The maximum atomic E-state index is 12.1. The van der Waals surface area contributed by atoms with E-state index in [2.05, 4.69) is 71.7 Å². The second kappa shape index (κ2) is 24.1. The van der Waals surface area contributed by atoms with Crippen molar-refractivity contribution in [2.75, 3.05) is 0 Å². The van der Waals surface area contributed by atoms with Crippen molar-refractivity contribution in [2.45, 2.75) is 58.8 Å². The summed E-state index contributed by atoms with van der Waals surface area (Å²) in [6.07, 6.45) is 15.4. The molecule has 1 fully saturated rings. The number of ether oxygens (including phenoxy) is 4. The second-order valence-electron chi connectivity index (χ2n) is 17.6. The van der Waals surface area contributed by atoms with Gasteiger partial charge in [0.25, 0.3) is 0 Å². The number of rotatable bonds is 18. The molecule has 0 amide bonds. The van der Waals surface area contributed by atoms with Gasteiger partial charge < -0.3 is 37.6 Å². The van der Waals surface area contributed by atoms with Crippen molar-refractivity contribution >= 4 is 0 Å². The standard InChI is InChI=1S/C13H15N7O2.C12H15N7O2.C11H13N7O2.C10H11N7O2/c1-18-13(21)20(17-16-18)10-5-7-19(9-2-3-9)11(10)8-22-12-4-6-14-15-12;1-3-18-7-5-9(19-12(20)17(2)15-16-19)10(18)8-21-11-4-6-13-14-11;1-16-6-4-8(18-11(19)17(2)14-15-18)9(16)7-20-10-3-5-12-13-10;1-16-10(18)17(15-14-16)8-2-4-11-7(8)6-19-9-3-5-12-13-9/h4-7,9H,2-3,8H2,1H3,(H,14,15);4-7H,3,8H2,1-2H3,(H,13,14);3-6H,7H2,1-2H3,(H,12,13);2-5,11H,6H2,1H3,(H,12,13)/i/hT4. The van der Waals surface area contributed by atoms with Gasteiger partial charge in [0.1, 0.15) is 26.4 Å². The van der Waals surface area contributed by atoms with Crippen molar-refractivity contribution in [1.29, 1.82) is 0 Å². The number of H-pyrrole nitrogens is 5. The van der Waals surface area contributed by atoms with Crippen molar-refractivity contribution < 1.29 is 24.6 Å². The summed E-state index contributed by atoms with van der Waals surface area (Å²) in [4.78, 5) is 50.8. The molecule has 0 unspecified atom stereocenters. The Bertz CT molecular complexity index is 4480. The molecule has 0 atom stereocenters. The minimum atomic E-state index is -0.346. The van der Waals surface area contributed by atoms with Gasteiger partial charge in [-0.1, -0.05) is 0 Å². The fraction of sp³-hybridized carbons (Fsp3) is 0.304. The molecule has 13 rings (SSSR count). The molecule has 426 valence electrons. The molecule has 12 aromatic rings. The third kappa shape index (κ3) is 11.9. The normalized spacial score (nSPS) is 12.5. The highest BCUT2D eigenvalue weighted by atomic mass is 16.5. The summed E-state index contributed by atoms with van der Waals surface area (Å²) in [7, 11) is 7.99. The van der Waals surface area contributed by atoms with Gasteiger partial charge in [0.2, 0.25) is 23.5 Å². The minimum absolute atomic E-state index is 0.169. The Morgan fingerprint density at radius 1 is 0.463 bits per heavy atom. The third-order valence-corrected chi connectivity index (χ3v) is 12.3. The van der Waals surface area contributed by atoms with Gasteiger partial charge in [-0.15, -0.1) is 20.4 Å². The lowest BCUT2D eigenvalue weighted by Crippen LogP contribution is -2.23. The Balaban J connectivity index is 0.000000127. The van der Waals surface area contributed by atoms with Gasteiger partial charge >= 0.3 is 22.8 Å². The average molecular weight is 1140 g/mol. The molecule has 0 aliphatic heterocycles. The van der Waals surface area contributed by atoms with Crippen LogP contribution in [0.1, 0.15) is 48.6 Å². The molecule has 1 aliphatic carbocycles. The summed E-state index contributed by atoms with van der Waals surface area (Å²) in [5.41, 5.74) is 4.14. The van der Waals surface area contributed by atoms with Gasteiger partial charge in [0.15, 0.2) is 5.65 Å². The van der Waals surface area contributed by atoms with Crippen LogP contribution in [0.5, 0.6) is 23.5 Å². The summed E-state index contributed by atoms with van der Waals surface area (Å²) in [5.74, 6) is 1.37. The smallest absolute Gasteiger partial charge is 0.368 e. The molecule has 0 spiro atoms. The van der Waals surface area contributed by atoms with Gasteiger partial charge in [-0.25, -0.2) is 19.2 Å². The number of tetrazole rings is 4. The first-order valence-corrected chi connectivity index (χ1v) is 24.8. The second-order valence-corrected chi connectivity index (χ2v) is 17.6. The van der Waals surface area contributed by atoms with Gasteiger partial charge in [-0.3, -0.25) is 20.4 Å². The summed E-state index contributed by atoms with van der Waals surface area (Å²) >= 11 is 0. The zero-order chi connectivity index (χ0) is 60.8.